The Bertz CT molecular complexity index is 427. The number of nitrogens with zero attached hydrogens (tertiary/aromatic N) is 1. The predicted octanol–water partition coefficient (Wildman–Crippen LogP) is 1.56. The van der Waals surface area contributed by atoms with Gasteiger partial charge in [-0.2, -0.15) is 0 Å². The van der Waals surface area contributed by atoms with Gasteiger partial charge in [-0.05, 0) is 30.6 Å². The number of carbonyl (C=O) groups is 1. The molecule has 3 nitrogen and oxygen atoms in total. The van der Waals surface area contributed by atoms with Gasteiger partial charge in [0, 0.05) is 24.9 Å². The Morgan fingerprint density at radius 2 is 2.25 bits per heavy atom. The molecule has 1 N–H and O–H groups in total. The van der Waals surface area contributed by atoms with E-state index < -0.39 is 0 Å². The lowest BCUT2D eigenvalue weighted by Crippen LogP contribution is -2.35. The minimum atomic E-state index is -0.165. The molecular weight excluding hydrogens is 200 g/mol. The van der Waals surface area contributed by atoms with Gasteiger partial charge in [-0.1, -0.05) is 6.08 Å². The second-order valence-electron chi connectivity index (χ2n) is 4.93. The zero-order valence-electron chi connectivity index (χ0n) is 9.49. The quantitative estimate of drug-likeness (QED) is 0.711. The minimum Gasteiger partial charge on any atom is -0.371 e. The zero-order chi connectivity index (χ0) is 11.2. The van der Waals surface area contributed by atoms with Crippen molar-refractivity contribution < 1.29 is 4.79 Å². The smallest absolute Gasteiger partial charge is 0.130 e. The van der Waals surface area contributed by atoms with Crippen LogP contribution in [0.5, 0.6) is 0 Å². The number of aldehydes is 1. The molecule has 3 heteroatoms. The number of fused-ring (bicyclic) bond motifs is 2. The summed E-state index contributed by atoms with van der Waals surface area (Å²) in [7, 11) is 2.08. The van der Waals surface area contributed by atoms with E-state index in [0.29, 0.717) is 0 Å². The van der Waals surface area contributed by atoms with Crippen molar-refractivity contribution in [1.29, 1.82) is 0 Å². The van der Waals surface area contributed by atoms with Crippen LogP contribution in [0.15, 0.2) is 35.2 Å². The fraction of sp³-hybridized carbons (Fsp3) is 0.462. The number of nitrogens with one attached hydrogen (secondary N) is 1. The van der Waals surface area contributed by atoms with E-state index in [2.05, 4.69) is 35.5 Å². The maximum absolute atomic E-state index is 11.1. The summed E-state index contributed by atoms with van der Waals surface area (Å²) in [6.07, 6.45) is 10.5. The highest BCUT2D eigenvalue weighted by Gasteiger charge is 2.45. The lowest BCUT2D eigenvalue weighted by molar-refractivity contribution is -0.111. The molecule has 0 aromatic carbocycles. The van der Waals surface area contributed by atoms with Crippen LogP contribution >= 0.6 is 0 Å². The van der Waals surface area contributed by atoms with Crippen molar-refractivity contribution in [2.45, 2.75) is 19.3 Å². The van der Waals surface area contributed by atoms with Crippen LogP contribution in [0, 0.1) is 5.41 Å². The van der Waals surface area contributed by atoms with Gasteiger partial charge in [0.1, 0.15) is 6.29 Å². The van der Waals surface area contributed by atoms with Crippen molar-refractivity contribution in [3.8, 4) is 0 Å². The van der Waals surface area contributed by atoms with E-state index in [4.69, 9.17) is 0 Å². The molecule has 3 rings (SSSR count). The van der Waals surface area contributed by atoms with Gasteiger partial charge in [-0.15, -0.1) is 0 Å². The Kier molecular flexibility index (Phi) is 1.96. The Labute approximate surface area is 95.5 Å². The van der Waals surface area contributed by atoms with Crippen molar-refractivity contribution in [1.82, 2.24) is 10.2 Å². The highest BCUT2D eigenvalue weighted by Crippen LogP contribution is 2.51. The summed E-state index contributed by atoms with van der Waals surface area (Å²) >= 11 is 0. The van der Waals surface area contributed by atoms with Gasteiger partial charge in [-0.3, -0.25) is 0 Å². The first-order chi connectivity index (χ1) is 7.73. The lowest BCUT2D eigenvalue weighted by Gasteiger charge is -2.30. The molecule has 2 fully saturated rings. The monoisotopic (exact) mass is 216 g/mol. The molecule has 2 bridgehead atoms. The van der Waals surface area contributed by atoms with Crippen LogP contribution in [0.3, 0.4) is 0 Å². The second kappa shape index (κ2) is 3.24. The van der Waals surface area contributed by atoms with E-state index in [0.717, 1.165) is 32.2 Å². The summed E-state index contributed by atoms with van der Waals surface area (Å²) in [6, 6.07) is 0. The first-order valence-corrected chi connectivity index (χ1v) is 5.77. The average Bonchev–Trinajstić information content (AvgIpc) is 3.09. The number of hydrogen-bond acceptors (Lipinski definition) is 3. The Balaban J connectivity index is 1.99. The summed E-state index contributed by atoms with van der Waals surface area (Å²) in [5, 5.41) is 3.38. The summed E-state index contributed by atoms with van der Waals surface area (Å²) in [5.41, 5.74) is 3.57. The molecule has 0 aromatic heterocycles. The van der Waals surface area contributed by atoms with Crippen LogP contribution in [-0.2, 0) is 4.79 Å². The Morgan fingerprint density at radius 1 is 1.44 bits per heavy atom. The first kappa shape index (κ1) is 9.70. The Morgan fingerprint density at radius 3 is 2.94 bits per heavy atom. The van der Waals surface area contributed by atoms with Gasteiger partial charge in [0.25, 0.3) is 0 Å². The molecule has 0 unspecified atom stereocenters. The van der Waals surface area contributed by atoms with Crippen LogP contribution < -0.4 is 5.32 Å². The number of rotatable bonds is 2. The van der Waals surface area contributed by atoms with E-state index in [1.165, 1.54) is 17.0 Å². The third kappa shape index (κ3) is 1.39. The molecular formula is C13H16N2O. The zero-order valence-corrected chi connectivity index (χ0v) is 9.49. The lowest BCUT2D eigenvalue weighted by atomic mass is 9.96. The van der Waals surface area contributed by atoms with E-state index in [1.54, 1.807) is 0 Å². The molecule has 0 radical (unpaired) electrons. The highest BCUT2D eigenvalue weighted by molar-refractivity contribution is 5.71. The summed E-state index contributed by atoms with van der Waals surface area (Å²) in [5.74, 6) is 0. The SMILES string of the molecule is CN1CNC2=CC(C3(C=O)CC3)=CC=C1C2. The number of allylic oxidation sites excluding steroid dienone is 4. The third-order valence-corrected chi connectivity index (χ3v) is 3.78. The van der Waals surface area contributed by atoms with Crippen LogP contribution in [0.2, 0.25) is 0 Å². The van der Waals surface area contributed by atoms with E-state index in [9.17, 15) is 4.79 Å². The summed E-state index contributed by atoms with van der Waals surface area (Å²) in [4.78, 5) is 13.3. The first-order valence-electron chi connectivity index (χ1n) is 5.77. The van der Waals surface area contributed by atoms with Gasteiger partial charge < -0.3 is 15.0 Å². The van der Waals surface area contributed by atoms with Gasteiger partial charge in [-0.25, -0.2) is 0 Å². The van der Waals surface area contributed by atoms with Crippen molar-refractivity contribution in [3.05, 3.63) is 35.2 Å². The van der Waals surface area contributed by atoms with Crippen LogP contribution in [-0.4, -0.2) is 24.9 Å². The van der Waals surface area contributed by atoms with Gasteiger partial charge in [0.05, 0.1) is 12.1 Å². The number of hydrogen-bond donors (Lipinski definition) is 1. The van der Waals surface area contributed by atoms with Gasteiger partial charge in [0.15, 0.2) is 0 Å². The molecule has 1 saturated carbocycles. The fourth-order valence-corrected chi connectivity index (χ4v) is 2.34. The van der Waals surface area contributed by atoms with Crippen LogP contribution in [0.25, 0.3) is 0 Å². The number of carbonyl (C=O) groups excluding carboxylic acids is 1. The van der Waals surface area contributed by atoms with E-state index in [1.807, 2.05) is 0 Å². The minimum absolute atomic E-state index is 0.165. The third-order valence-electron chi connectivity index (χ3n) is 3.78. The average molecular weight is 216 g/mol. The van der Waals surface area contributed by atoms with Gasteiger partial charge in [0.2, 0.25) is 0 Å². The molecule has 0 aromatic rings. The van der Waals surface area contributed by atoms with Crippen LogP contribution in [0.4, 0.5) is 0 Å². The highest BCUT2D eigenvalue weighted by atomic mass is 16.1. The second-order valence-corrected chi connectivity index (χ2v) is 4.93. The molecule has 2 aliphatic carbocycles. The molecule has 84 valence electrons. The molecule has 16 heavy (non-hydrogen) atoms. The molecule has 1 aliphatic heterocycles. The molecule has 1 saturated heterocycles. The normalized spacial score (nSPS) is 25.8. The predicted molar refractivity (Wildman–Crippen MR) is 62.4 cm³/mol. The fourth-order valence-electron chi connectivity index (χ4n) is 2.34. The van der Waals surface area contributed by atoms with Crippen molar-refractivity contribution >= 4 is 6.29 Å². The molecule has 3 aliphatic rings. The largest absolute Gasteiger partial charge is 0.371 e. The van der Waals surface area contributed by atoms with Gasteiger partial charge >= 0.3 is 0 Å². The maximum atomic E-state index is 11.1. The molecule has 0 atom stereocenters. The molecule has 0 spiro atoms. The van der Waals surface area contributed by atoms with Crippen LogP contribution in [0.1, 0.15) is 19.3 Å². The summed E-state index contributed by atoms with van der Waals surface area (Å²) < 4.78 is 0. The van der Waals surface area contributed by atoms with Crippen molar-refractivity contribution in [3.63, 3.8) is 0 Å². The molecule has 1 heterocycles. The van der Waals surface area contributed by atoms with Crippen molar-refractivity contribution in [2.24, 2.45) is 5.41 Å². The van der Waals surface area contributed by atoms with E-state index in [-0.39, 0.29) is 5.41 Å². The maximum Gasteiger partial charge on any atom is 0.130 e. The van der Waals surface area contributed by atoms with E-state index >= 15 is 0 Å². The topological polar surface area (TPSA) is 32.3 Å². The van der Waals surface area contributed by atoms with Crippen molar-refractivity contribution in [2.75, 3.05) is 13.7 Å². The molecule has 0 amide bonds. The Hall–Kier alpha value is -1.51. The standard InChI is InChI=1S/C13H16N2O/c1-15-9-14-11-6-10(2-3-12(15)7-11)13(8-16)4-5-13/h2-3,6,8,14H,4-5,7,9H2,1H3. The summed E-state index contributed by atoms with van der Waals surface area (Å²) in [6.45, 7) is 0.854.